The number of anilines is 1. The number of imidazole rings is 1. The number of hydrogen-bond acceptors (Lipinski definition) is 8. The van der Waals surface area contributed by atoms with Crippen molar-refractivity contribution >= 4 is 17.0 Å². The number of hydrogen-bond donors (Lipinski definition) is 3. The van der Waals surface area contributed by atoms with Gasteiger partial charge >= 0.3 is 6.01 Å². The summed E-state index contributed by atoms with van der Waals surface area (Å²) in [6.07, 6.45) is -0.322. The summed E-state index contributed by atoms with van der Waals surface area (Å²) >= 11 is 0. The first kappa shape index (κ1) is 14.0. The number of aliphatic hydroxyl groups is 2. The molecule has 2 aromatic rings. The van der Waals surface area contributed by atoms with Crippen molar-refractivity contribution in [2.75, 3.05) is 18.9 Å². The second-order valence-electron chi connectivity index (χ2n) is 4.76. The van der Waals surface area contributed by atoms with Crippen molar-refractivity contribution in [2.24, 2.45) is 0 Å². The second kappa shape index (κ2) is 5.43. The lowest BCUT2D eigenvalue weighted by Gasteiger charge is -2.18. The predicted molar refractivity (Wildman–Crippen MR) is 72.5 cm³/mol. The lowest BCUT2D eigenvalue weighted by atomic mass is 10.2. The molecule has 0 aliphatic carbocycles. The van der Waals surface area contributed by atoms with Crippen LogP contribution in [0.25, 0.3) is 11.2 Å². The van der Waals surface area contributed by atoms with E-state index < -0.39 is 18.4 Å². The molecule has 1 saturated heterocycles. The average Bonchev–Trinajstić information content (AvgIpc) is 3.00. The summed E-state index contributed by atoms with van der Waals surface area (Å²) in [4.78, 5) is 12.3. The fourth-order valence-electron chi connectivity index (χ4n) is 2.45. The van der Waals surface area contributed by atoms with Crippen molar-refractivity contribution in [3.63, 3.8) is 0 Å². The number of nitrogens with two attached hydrogens (primary N) is 1. The van der Waals surface area contributed by atoms with Crippen LogP contribution < -0.4 is 10.5 Å². The molecule has 0 spiro atoms. The van der Waals surface area contributed by atoms with E-state index in [0.29, 0.717) is 24.2 Å². The third-order valence-corrected chi connectivity index (χ3v) is 3.37. The van der Waals surface area contributed by atoms with Gasteiger partial charge in [0, 0.05) is 6.42 Å². The summed E-state index contributed by atoms with van der Waals surface area (Å²) in [6, 6.07) is 0.252. The highest BCUT2D eigenvalue weighted by Gasteiger charge is 2.38. The Morgan fingerprint density at radius 2 is 2.33 bits per heavy atom. The normalized spacial score (nSPS) is 25.6. The van der Waals surface area contributed by atoms with Crippen LogP contribution in [0.5, 0.6) is 6.01 Å². The zero-order chi connectivity index (χ0) is 15.0. The molecule has 0 amide bonds. The lowest BCUT2D eigenvalue weighted by Crippen LogP contribution is -2.21. The zero-order valence-corrected chi connectivity index (χ0v) is 11.5. The number of ether oxygens (including phenoxy) is 2. The van der Waals surface area contributed by atoms with E-state index in [1.54, 1.807) is 4.57 Å². The van der Waals surface area contributed by atoms with Gasteiger partial charge in [0.05, 0.1) is 19.3 Å². The standard InChI is InChI=1S/C12H17N5O4/c1-2-20-12-16-8-9(13)14-5-15-10(8)17(12)11-7(19)3-6(4-18)21-11/h5-7,11,18-19H,2-4H2,1H3,(H2,13,14,15)/t6-,7+,11+/m0/s1. The van der Waals surface area contributed by atoms with Crippen LogP contribution in [-0.4, -0.2) is 55.2 Å². The first-order chi connectivity index (χ1) is 10.2. The molecule has 21 heavy (non-hydrogen) atoms. The van der Waals surface area contributed by atoms with Gasteiger partial charge in [0.2, 0.25) is 0 Å². The van der Waals surface area contributed by atoms with E-state index in [1.807, 2.05) is 6.92 Å². The number of aliphatic hydroxyl groups excluding tert-OH is 2. The minimum atomic E-state index is -0.796. The highest BCUT2D eigenvalue weighted by Crippen LogP contribution is 2.35. The van der Waals surface area contributed by atoms with Crippen LogP contribution in [-0.2, 0) is 4.74 Å². The number of aromatic nitrogens is 4. The Morgan fingerprint density at radius 1 is 1.52 bits per heavy atom. The Balaban J connectivity index is 2.11. The highest BCUT2D eigenvalue weighted by molar-refractivity contribution is 5.82. The Hall–Kier alpha value is -1.97. The van der Waals surface area contributed by atoms with Gasteiger partial charge in [-0.25, -0.2) is 14.5 Å². The molecule has 1 aliphatic rings. The van der Waals surface area contributed by atoms with E-state index in [1.165, 1.54) is 6.33 Å². The molecular formula is C12H17N5O4. The van der Waals surface area contributed by atoms with E-state index in [2.05, 4.69) is 15.0 Å². The van der Waals surface area contributed by atoms with Gasteiger partial charge in [0.1, 0.15) is 12.4 Å². The average molecular weight is 295 g/mol. The summed E-state index contributed by atoms with van der Waals surface area (Å²) in [5.41, 5.74) is 6.61. The van der Waals surface area contributed by atoms with Crippen molar-refractivity contribution in [3.8, 4) is 6.01 Å². The third-order valence-electron chi connectivity index (χ3n) is 3.37. The van der Waals surface area contributed by atoms with Crippen molar-refractivity contribution in [2.45, 2.75) is 31.8 Å². The van der Waals surface area contributed by atoms with Gasteiger partial charge < -0.3 is 25.4 Å². The largest absolute Gasteiger partial charge is 0.465 e. The van der Waals surface area contributed by atoms with E-state index in [-0.39, 0.29) is 18.4 Å². The number of nitrogens with zero attached hydrogens (tertiary/aromatic N) is 4. The molecule has 0 bridgehead atoms. The maximum atomic E-state index is 10.2. The minimum absolute atomic E-state index is 0.165. The molecule has 0 saturated carbocycles. The van der Waals surface area contributed by atoms with Crippen LogP contribution in [0.2, 0.25) is 0 Å². The van der Waals surface area contributed by atoms with Gasteiger partial charge in [-0.1, -0.05) is 0 Å². The lowest BCUT2D eigenvalue weighted by molar-refractivity contribution is -0.0521. The first-order valence-corrected chi connectivity index (χ1v) is 6.71. The molecule has 1 fully saturated rings. The Labute approximate surface area is 120 Å². The van der Waals surface area contributed by atoms with Crippen molar-refractivity contribution < 1.29 is 19.7 Å². The summed E-state index contributed by atoms with van der Waals surface area (Å²) in [5.74, 6) is 0.228. The van der Waals surface area contributed by atoms with Crippen LogP contribution in [0, 0.1) is 0 Å². The number of nitrogen functional groups attached to an aromatic ring is 1. The van der Waals surface area contributed by atoms with Gasteiger partial charge in [0.25, 0.3) is 0 Å². The molecule has 9 nitrogen and oxygen atoms in total. The maximum absolute atomic E-state index is 10.2. The molecule has 2 aromatic heterocycles. The van der Waals surface area contributed by atoms with Gasteiger partial charge in [-0.2, -0.15) is 4.98 Å². The van der Waals surface area contributed by atoms with E-state index in [9.17, 15) is 10.2 Å². The Morgan fingerprint density at radius 3 is 3.00 bits per heavy atom. The summed E-state index contributed by atoms with van der Waals surface area (Å²) in [6.45, 7) is 2.05. The molecule has 1 aliphatic heterocycles. The monoisotopic (exact) mass is 295 g/mol. The molecule has 0 unspecified atom stereocenters. The summed E-state index contributed by atoms with van der Waals surface area (Å²) < 4.78 is 12.7. The van der Waals surface area contributed by atoms with Gasteiger partial charge in [-0.3, -0.25) is 0 Å². The van der Waals surface area contributed by atoms with Crippen LogP contribution in [0.3, 0.4) is 0 Å². The van der Waals surface area contributed by atoms with Crippen molar-refractivity contribution in [1.82, 2.24) is 19.5 Å². The molecule has 0 radical (unpaired) electrons. The van der Waals surface area contributed by atoms with Crippen LogP contribution in [0.4, 0.5) is 5.82 Å². The summed E-state index contributed by atoms with van der Waals surface area (Å²) in [5, 5.41) is 19.4. The smallest absolute Gasteiger partial charge is 0.300 e. The quantitative estimate of drug-likeness (QED) is 0.685. The first-order valence-electron chi connectivity index (χ1n) is 6.71. The van der Waals surface area contributed by atoms with Crippen molar-refractivity contribution in [3.05, 3.63) is 6.33 Å². The molecule has 9 heteroatoms. The molecule has 3 heterocycles. The minimum Gasteiger partial charge on any atom is -0.465 e. The molecule has 3 atom stereocenters. The second-order valence-corrected chi connectivity index (χ2v) is 4.76. The van der Waals surface area contributed by atoms with E-state index >= 15 is 0 Å². The Kier molecular flexibility index (Phi) is 3.62. The molecule has 0 aromatic carbocycles. The number of fused-ring (bicyclic) bond motifs is 1. The predicted octanol–water partition coefficient (Wildman–Crippen LogP) is -0.552. The van der Waals surface area contributed by atoms with Crippen molar-refractivity contribution in [1.29, 1.82) is 0 Å². The maximum Gasteiger partial charge on any atom is 0.300 e. The molecule has 4 N–H and O–H groups in total. The fraction of sp³-hybridized carbons (Fsp3) is 0.583. The van der Waals surface area contributed by atoms with E-state index in [4.69, 9.17) is 15.2 Å². The molecule has 114 valence electrons. The van der Waals surface area contributed by atoms with Gasteiger partial charge in [-0.15, -0.1) is 0 Å². The van der Waals surface area contributed by atoms with Crippen LogP contribution >= 0.6 is 0 Å². The van der Waals surface area contributed by atoms with Gasteiger partial charge in [-0.05, 0) is 6.92 Å². The van der Waals surface area contributed by atoms with Crippen LogP contribution in [0.1, 0.15) is 19.6 Å². The zero-order valence-electron chi connectivity index (χ0n) is 11.5. The van der Waals surface area contributed by atoms with Gasteiger partial charge in [0.15, 0.2) is 23.2 Å². The highest BCUT2D eigenvalue weighted by atomic mass is 16.6. The summed E-state index contributed by atoms with van der Waals surface area (Å²) in [7, 11) is 0. The molecular weight excluding hydrogens is 278 g/mol. The molecule has 3 rings (SSSR count). The van der Waals surface area contributed by atoms with Crippen LogP contribution in [0.15, 0.2) is 6.33 Å². The Bertz CT molecular complexity index is 646. The third kappa shape index (κ3) is 2.28. The SMILES string of the molecule is CCOc1nc2c(N)ncnc2n1[C@@H]1O[C@H](CO)C[C@H]1O. The number of rotatable bonds is 4. The fourth-order valence-corrected chi connectivity index (χ4v) is 2.45. The topological polar surface area (TPSA) is 129 Å². The van der Waals surface area contributed by atoms with E-state index in [0.717, 1.165) is 0 Å².